The topological polar surface area (TPSA) is 45.5 Å². The number of nitrogens with zero attached hydrogens (tertiary/aromatic N) is 2. The molecule has 3 nitrogen and oxygen atoms in total. The summed E-state index contributed by atoms with van der Waals surface area (Å²) in [7, 11) is 0. The highest BCUT2D eigenvalue weighted by molar-refractivity contribution is 6.29. The molecule has 0 aliphatic carbocycles. The smallest absolute Gasteiger partial charge is 0.129 e. The van der Waals surface area contributed by atoms with Gasteiger partial charge in [0.25, 0.3) is 0 Å². The normalized spacial score (nSPS) is 11.7. The number of pyridine rings is 1. The molecule has 0 saturated heterocycles. The predicted molar refractivity (Wildman–Crippen MR) is 47.9 cm³/mol. The van der Waals surface area contributed by atoms with Crippen molar-refractivity contribution in [3.05, 3.63) is 29.0 Å². The van der Waals surface area contributed by atoms with Crippen LogP contribution in [0.1, 0.15) is 18.9 Å². The zero-order valence-corrected chi connectivity index (χ0v) is 7.41. The quantitative estimate of drug-likeness (QED) is 0.332. The van der Waals surface area contributed by atoms with E-state index in [0.29, 0.717) is 17.3 Å². The lowest BCUT2D eigenvalue weighted by atomic mass is 10.1. The summed E-state index contributed by atoms with van der Waals surface area (Å²) in [6, 6.07) is 3.42. The fourth-order valence-corrected chi connectivity index (χ4v) is 1.09. The van der Waals surface area contributed by atoms with E-state index in [4.69, 9.17) is 16.8 Å². The van der Waals surface area contributed by atoms with Crippen molar-refractivity contribution in [2.45, 2.75) is 13.3 Å². The van der Waals surface area contributed by atoms with Gasteiger partial charge < -0.3 is 5.21 Å². The predicted octanol–water partition coefficient (Wildman–Crippen LogP) is 2.32. The summed E-state index contributed by atoms with van der Waals surface area (Å²) >= 11 is 5.66. The van der Waals surface area contributed by atoms with Crippen LogP contribution in [0.5, 0.6) is 0 Å². The van der Waals surface area contributed by atoms with E-state index in [1.165, 1.54) is 0 Å². The average molecular weight is 185 g/mol. The molecule has 0 radical (unpaired) electrons. The maximum atomic E-state index is 8.59. The summed E-state index contributed by atoms with van der Waals surface area (Å²) in [5.74, 6) is 0. The molecule has 0 fully saturated rings. The SMILES string of the molecule is CCC(=NO)c1ccnc(Cl)c1. The van der Waals surface area contributed by atoms with E-state index in [9.17, 15) is 0 Å². The molecule has 1 heterocycles. The highest BCUT2D eigenvalue weighted by atomic mass is 35.5. The van der Waals surface area contributed by atoms with E-state index in [1.54, 1.807) is 18.3 Å². The van der Waals surface area contributed by atoms with Crippen LogP contribution < -0.4 is 0 Å². The van der Waals surface area contributed by atoms with Gasteiger partial charge >= 0.3 is 0 Å². The van der Waals surface area contributed by atoms with Crippen LogP contribution in [0.4, 0.5) is 0 Å². The molecule has 0 spiro atoms. The van der Waals surface area contributed by atoms with E-state index >= 15 is 0 Å². The van der Waals surface area contributed by atoms with Crippen molar-refractivity contribution in [1.29, 1.82) is 0 Å². The van der Waals surface area contributed by atoms with Crippen molar-refractivity contribution in [3.63, 3.8) is 0 Å². The monoisotopic (exact) mass is 184 g/mol. The molecule has 1 rings (SSSR count). The fourth-order valence-electron chi connectivity index (χ4n) is 0.915. The molecule has 12 heavy (non-hydrogen) atoms. The number of hydrogen-bond donors (Lipinski definition) is 1. The Balaban J connectivity index is 3.02. The third kappa shape index (κ3) is 1.95. The van der Waals surface area contributed by atoms with Gasteiger partial charge in [0, 0.05) is 11.8 Å². The second-order valence-corrected chi connectivity index (χ2v) is 2.65. The van der Waals surface area contributed by atoms with E-state index in [1.807, 2.05) is 6.92 Å². The lowest BCUT2D eigenvalue weighted by Gasteiger charge is -1.99. The van der Waals surface area contributed by atoms with E-state index in [2.05, 4.69) is 10.1 Å². The van der Waals surface area contributed by atoms with Gasteiger partial charge in [-0.3, -0.25) is 0 Å². The first kappa shape index (κ1) is 9.00. The third-order valence-corrected chi connectivity index (χ3v) is 1.72. The molecular weight excluding hydrogens is 176 g/mol. The zero-order valence-electron chi connectivity index (χ0n) is 6.66. The number of halogens is 1. The van der Waals surface area contributed by atoms with E-state index in [-0.39, 0.29) is 0 Å². The van der Waals surface area contributed by atoms with Crippen LogP contribution in [0, 0.1) is 0 Å². The first-order valence-electron chi connectivity index (χ1n) is 3.60. The Morgan fingerprint density at radius 3 is 3.00 bits per heavy atom. The molecule has 0 saturated carbocycles. The number of aromatic nitrogens is 1. The summed E-state index contributed by atoms with van der Waals surface area (Å²) in [5, 5.41) is 12.1. The minimum absolute atomic E-state index is 0.405. The minimum Gasteiger partial charge on any atom is -0.411 e. The zero-order chi connectivity index (χ0) is 8.97. The highest BCUT2D eigenvalue weighted by Crippen LogP contribution is 2.09. The average Bonchev–Trinajstić information content (AvgIpc) is 2.07. The molecule has 1 aromatic heterocycles. The fraction of sp³-hybridized carbons (Fsp3) is 0.250. The van der Waals surface area contributed by atoms with Gasteiger partial charge in [-0.2, -0.15) is 0 Å². The van der Waals surface area contributed by atoms with Crippen LogP contribution in [-0.4, -0.2) is 15.9 Å². The van der Waals surface area contributed by atoms with Gasteiger partial charge in [-0.1, -0.05) is 23.7 Å². The first-order valence-corrected chi connectivity index (χ1v) is 3.98. The molecule has 0 aromatic carbocycles. The molecule has 0 amide bonds. The van der Waals surface area contributed by atoms with Crippen molar-refractivity contribution in [1.82, 2.24) is 4.98 Å². The van der Waals surface area contributed by atoms with Gasteiger partial charge in [0.1, 0.15) is 5.15 Å². The van der Waals surface area contributed by atoms with Gasteiger partial charge in [0.05, 0.1) is 5.71 Å². The van der Waals surface area contributed by atoms with Crippen molar-refractivity contribution in [3.8, 4) is 0 Å². The molecule has 0 aliphatic rings. The minimum atomic E-state index is 0.405. The summed E-state index contributed by atoms with van der Waals surface area (Å²) in [6.07, 6.45) is 2.25. The molecule has 64 valence electrons. The molecule has 0 bridgehead atoms. The van der Waals surface area contributed by atoms with Crippen molar-refractivity contribution >= 4 is 17.3 Å². The van der Waals surface area contributed by atoms with Gasteiger partial charge in [-0.15, -0.1) is 0 Å². The Kier molecular flexibility index (Phi) is 3.05. The molecule has 0 atom stereocenters. The number of rotatable bonds is 2. The van der Waals surface area contributed by atoms with Crippen LogP contribution in [0.2, 0.25) is 5.15 Å². The summed E-state index contributed by atoms with van der Waals surface area (Å²) in [6.45, 7) is 1.91. The van der Waals surface area contributed by atoms with Gasteiger partial charge in [0.2, 0.25) is 0 Å². The highest BCUT2D eigenvalue weighted by Gasteiger charge is 2.01. The largest absolute Gasteiger partial charge is 0.411 e. The Morgan fingerprint density at radius 1 is 1.75 bits per heavy atom. The van der Waals surface area contributed by atoms with Crippen molar-refractivity contribution in [2.75, 3.05) is 0 Å². The third-order valence-electron chi connectivity index (χ3n) is 1.52. The lowest BCUT2D eigenvalue weighted by molar-refractivity contribution is 0.318. The molecule has 1 aromatic rings. The van der Waals surface area contributed by atoms with Crippen LogP contribution in [-0.2, 0) is 0 Å². The molecule has 4 heteroatoms. The van der Waals surface area contributed by atoms with Crippen LogP contribution in [0.25, 0.3) is 0 Å². The summed E-state index contributed by atoms with van der Waals surface area (Å²) in [5.41, 5.74) is 1.42. The molecule has 0 unspecified atom stereocenters. The Bertz CT molecular complexity index is 299. The number of oxime groups is 1. The van der Waals surface area contributed by atoms with Crippen molar-refractivity contribution in [2.24, 2.45) is 5.16 Å². The van der Waals surface area contributed by atoms with Crippen LogP contribution in [0.15, 0.2) is 23.5 Å². The molecule has 1 N–H and O–H groups in total. The Hall–Kier alpha value is -1.09. The van der Waals surface area contributed by atoms with Crippen molar-refractivity contribution < 1.29 is 5.21 Å². The second kappa shape index (κ2) is 4.07. The Morgan fingerprint density at radius 2 is 2.50 bits per heavy atom. The van der Waals surface area contributed by atoms with E-state index in [0.717, 1.165) is 5.56 Å². The lowest BCUT2D eigenvalue weighted by Crippen LogP contribution is -1.98. The van der Waals surface area contributed by atoms with Gasteiger partial charge in [0.15, 0.2) is 0 Å². The molecular formula is C8H9ClN2O. The standard InChI is InChI=1S/C8H9ClN2O/c1-2-7(11-12)6-3-4-10-8(9)5-6/h3-5,12H,2H2,1H3. The summed E-state index contributed by atoms with van der Waals surface area (Å²) < 4.78 is 0. The molecule has 0 aliphatic heterocycles. The van der Waals surface area contributed by atoms with Crippen LogP contribution in [0.3, 0.4) is 0 Å². The van der Waals surface area contributed by atoms with E-state index < -0.39 is 0 Å². The first-order chi connectivity index (χ1) is 5.77. The maximum Gasteiger partial charge on any atom is 0.129 e. The van der Waals surface area contributed by atoms with Gasteiger partial charge in [-0.25, -0.2) is 4.98 Å². The second-order valence-electron chi connectivity index (χ2n) is 2.27. The number of hydrogen-bond acceptors (Lipinski definition) is 3. The summed E-state index contributed by atoms with van der Waals surface area (Å²) in [4.78, 5) is 3.82. The Labute approximate surface area is 75.7 Å². The van der Waals surface area contributed by atoms with Gasteiger partial charge in [-0.05, 0) is 18.6 Å². The van der Waals surface area contributed by atoms with Crippen LogP contribution >= 0.6 is 11.6 Å². The maximum absolute atomic E-state index is 8.59.